The van der Waals surface area contributed by atoms with E-state index in [9.17, 15) is 9.90 Å². The van der Waals surface area contributed by atoms with E-state index in [1.807, 2.05) is 0 Å². The molecule has 0 aliphatic rings. The van der Waals surface area contributed by atoms with Crippen LogP contribution in [0.3, 0.4) is 0 Å². The van der Waals surface area contributed by atoms with Crippen molar-refractivity contribution in [1.29, 1.82) is 0 Å². The third-order valence-electron chi connectivity index (χ3n) is 0.287. The summed E-state index contributed by atoms with van der Waals surface area (Å²) in [4.78, 5) is 9.60. The highest BCUT2D eigenvalue weighted by Gasteiger charge is 1.82. The Morgan fingerprint density at radius 2 is 2.10 bits per heavy atom. The average molecular weight is 146 g/mol. The first kappa shape index (κ1) is 11.6. The maximum absolute atomic E-state index is 9.60. The fourth-order valence-electron chi connectivity index (χ4n) is 0.142. The van der Waals surface area contributed by atoms with Gasteiger partial charge in [0.1, 0.15) is 0 Å². The van der Waals surface area contributed by atoms with Gasteiger partial charge in [0, 0.05) is 0 Å². The van der Waals surface area contributed by atoms with Gasteiger partial charge in [0.15, 0.2) is 0 Å². The van der Waals surface area contributed by atoms with Gasteiger partial charge in [-0.3, -0.25) is 0 Å². The normalized spacial score (nSPS) is 7.00. The van der Waals surface area contributed by atoms with Crippen LogP contribution in [0.15, 0.2) is 12.3 Å². The van der Waals surface area contributed by atoms with Crippen LogP contribution in [-0.4, -0.2) is 12.7 Å². The van der Waals surface area contributed by atoms with Crippen LogP contribution in [-0.2, 0) is 4.74 Å². The molecule has 0 atom stereocenters. The Balaban J connectivity index is 0. The summed E-state index contributed by atoms with van der Waals surface area (Å²) in [6.45, 7) is 6.47. The van der Waals surface area contributed by atoms with E-state index in [1.54, 1.807) is 6.92 Å². The monoisotopic (exact) mass is 146 g/mol. The van der Waals surface area contributed by atoms with Crippen molar-refractivity contribution in [1.82, 2.24) is 0 Å². The summed E-state index contributed by atoms with van der Waals surface area (Å²) < 4.78 is 4.18. The van der Waals surface area contributed by atoms with Gasteiger partial charge in [-0.2, -0.15) is 0 Å². The molecule has 0 radical (unpaired) electrons. The van der Waals surface area contributed by atoms with Gasteiger partial charge < -0.3 is 15.6 Å². The molecule has 0 saturated carbocycles. The zero-order valence-electron chi connectivity index (χ0n) is 6.22. The van der Waals surface area contributed by atoms with Crippen molar-refractivity contribution in [3.8, 4) is 0 Å². The Morgan fingerprint density at radius 1 is 1.80 bits per heavy atom. The third kappa shape index (κ3) is 70.2. The largest absolute Gasteiger partial charge is 0.876 e. The molecule has 0 heterocycles. The van der Waals surface area contributed by atoms with Crippen molar-refractivity contribution in [2.24, 2.45) is 5.73 Å². The Labute approximate surface area is 60.3 Å². The van der Waals surface area contributed by atoms with Gasteiger partial charge in [0.25, 0.3) is 0 Å². The first-order valence-corrected chi connectivity index (χ1v) is 2.75. The SMILES string of the molecule is C=C(C)[O-].CCOC(N)=O. The Kier molecular flexibility index (Phi) is 9.05. The van der Waals surface area contributed by atoms with Crippen LogP contribution >= 0.6 is 0 Å². The third-order valence-corrected chi connectivity index (χ3v) is 0.287. The van der Waals surface area contributed by atoms with Crippen molar-refractivity contribution in [2.75, 3.05) is 6.61 Å². The van der Waals surface area contributed by atoms with Crippen LogP contribution in [0, 0.1) is 0 Å². The van der Waals surface area contributed by atoms with E-state index in [2.05, 4.69) is 17.0 Å². The minimum atomic E-state index is -0.711. The highest BCUT2D eigenvalue weighted by atomic mass is 16.5. The summed E-state index contributed by atoms with van der Waals surface area (Å²) in [7, 11) is 0. The lowest BCUT2D eigenvalue weighted by atomic mass is 10.7. The lowest BCUT2D eigenvalue weighted by Crippen LogP contribution is -2.11. The molecule has 2 N–H and O–H groups in total. The van der Waals surface area contributed by atoms with Crippen LogP contribution in [0.1, 0.15) is 13.8 Å². The van der Waals surface area contributed by atoms with E-state index in [-0.39, 0.29) is 5.76 Å². The van der Waals surface area contributed by atoms with Gasteiger partial charge in [0.05, 0.1) is 6.61 Å². The summed E-state index contributed by atoms with van der Waals surface area (Å²) in [5, 5.41) is 9.33. The molecule has 0 fully saturated rings. The van der Waals surface area contributed by atoms with Crippen LogP contribution in [0.25, 0.3) is 0 Å². The lowest BCUT2D eigenvalue weighted by Gasteiger charge is -1.92. The number of nitrogens with two attached hydrogens (primary N) is 1. The number of carbonyl (C=O) groups excluding carboxylic acids is 1. The Bertz CT molecular complexity index is 108. The van der Waals surface area contributed by atoms with Crippen LogP contribution in [0.4, 0.5) is 4.79 Å². The predicted molar refractivity (Wildman–Crippen MR) is 36.0 cm³/mol. The molecule has 0 aromatic carbocycles. The molecule has 60 valence electrons. The number of rotatable bonds is 1. The predicted octanol–water partition coefficient (Wildman–Crippen LogP) is -0.0181. The number of hydrogen-bond donors (Lipinski definition) is 1. The van der Waals surface area contributed by atoms with Gasteiger partial charge in [-0.15, -0.1) is 12.3 Å². The smallest absolute Gasteiger partial charge is 0.404 e. The molecule has 0 aromatic heterocycles. The van der Waals surface area contributed by atoms with Gasteiger partial charge in [0.2, 0.25) is 0 Å². The summed E-state index contributed by atoms with van der Waals surface area (Å²) in [6, 6.07) is 0. The van der Waals surface area contributed by atoms with E-state index < -0.39 is 6.09 Å². The number of carbonyl (C=O) groups is 1. The van der Waals surface area contributed by atoms with Crippen molar-refractivity contribution in [3.05, 3.63) is 12.3 Å². The average Bonchev–Trinajstić information content (AvgIpc) is 1.62. The molecule has 0 saturated heterocycles. The minimum absolute atomic E-state index is 0.0833. The summed E-state index contributed by atoms with van der Waals surface area (Å²) in [6.07, 6.45) is -0.711. The maximum Gasteiger partial charge on any atom is 0.404 e. The molecule has 10 heavy (non-hydrogen) atoms. The molecule has 0 rings (SSSR count). The summed E-state index contributed by atoms with van der Waals surface area (Å²) in [5.74, 6) is -0.0833. The van der Waals surface area contributed by atoms with Crippen LogP contribution < -0.4 is 10.8 Å². The van der Waals surface area contributed by atoms with Crippen molar-refractivity contribution < 1.29 is 14.6 Å². The molecule has 0 aliphatic heterocycles. The standard InChI is InChI=1S/C3H7NO2.C3H6O/c1-2-6-3(4)5;1-3(2)4/h2H2,1H3,(H2,4,5);4H,1H2,2H3/p-1. The first-order valence-electron chi connectivity index (χ1n) is 2.75. The maximum atomic E-state index is 9.60. The quantitative estimate of drug-likeness (QED) is 0.528. The second-order valence-corrected chi connectivity index (χ2v) is 1.45. The molecular formula is C6H12NO3-. The van der Waals surface area contributed by atoms with E-state index in [4.69, 9.17) is 0 Å². The van der Waals surface area contributed by atoms with Crippen LogP contribution in [0.2, 0.25) is 0 Å². The number of primary amides is 1. The zero-order valence-corrected chi connectivity index (χ0v) is 6.22. The number of ether oxygens (including phenoxy) is 1. The van der Waals surface area contributed by atoms with Gasteiger partial charge in [-0.05, 0) is 6.92 Å². The highest BCUT2D eigenvalue weighted by Crippen LogP contribution is 1.66. The molecule has 4 nitrogen and oxygen atoms in total. The Hall–Kier alpha value is -1.19. The van der Waals surface area contributed by atoms with Gasteiger partial charge in [-0.1, -0.05) is 6.92 Å². The molecular weight excluding hydrogens is 134 g/mol. The molecule has 0 aromatic rings. The van der Waals surface area contributed by atoms with E-state index in [1.165, 1.54) is 6.92 Å². The summed E-state index contributed by atoms with van der Waals surface area (Å²) in [5.41, 5.74) is 4.54. The number of allylic oxidation sites excluding steroid dienone is 1. The Morgan fingerprint density at radius 3 is 2.10 bits per heavy atom. The second kappa shape index (κ2) is 7.81. The molecule has 0 spiro atoms. The fraction of sp³-hybridized carbons (Fsp3) is 0.500. The number of hydrogen-bond acceptors (Lipinski definition) is 3. The molecule has 1 amide bonds. The molecule has 0 unspecified atom stereocenters. The highest BCUT2D eigenvalue weighted by molar-refractivity contribution is 5.64. The van der Waals surface area contributed by atoms with E-state index in [0.717, 1.165) is 0 Å². The summed E-state index contributed by atoms with van der Waals surface area (Å²) >= 11 is 0. The second-order valence-electron chi connectivity index (χ2n) is 1.45. The zero-order chi connectivity index (χ0) is 8.57. The molecule has 0 aliphatic carbocycles. The number of amides is 1. The molecule has 0 bridgehead atoms. The van der Waals surface area contributed by atoms with Gasteiger partial charge >= 0.3 is 6.09 Å². The minimum Gasteiger partial charge on any atom is -0.876 e. The van der Waals surface area contributed by atoms with Gasteiger partial charge in [-0.25, -0.2) is 4.79 Å². The lowest BCUT2D eigenvalue weighted by molar-refractivity contribution is -0.300. The molecule has 4 heteroatoms. The van der Waals surface area contributed by atoms with Crippen molar-refractivity contribution in [2.45, 2.75) is 13.8 Å². The topological polar surface area (TPSA) is 75.4 Å². The first-order chi connectivity index (χ1) is 4.50. The van der Waals surface area contributed by atoms with E-state index in [0.29, 0.717) is 6.61 Å². The van der Waals surface area contributed by atoms with Crippen molar-refractivity contribution >= 4 is 6.09 Å². The van der Waals surface area contributed by atoms with E-state index >= 15 is 0 Å². The van der Waals surface area contributed by atoms with Crippen molar-refractivity contribution in [3.63, 3.8) is 0 Å². The fourth-order valence-corrected chi connectivity index (χ4v) is 0.142. The van der Waals surface area contributed by atoms with Crippen LogP contribution in [0.5, 0.6) is 0 Å².